The van der Waals surface area contributed by atoms with Crippen molar-refractivity contribution in [1.82, 2.24) is 4.98 Å². The molecule has 1 rings (SSSR count). The fourth-order valence-electron chi connectivity index (χ4n) is 0.858. The predicted molar refractivity (Wildman–Crippen MR) is 52.7 cm³/mol. The Morgan fingerprint density at radius 1 is 1.79 bits per heavy atom. The van der Waals surface area contributed by atoms with Crippen molar-refractivity contribution in [2.75, 3.05) is 0 Å². The van der Waals surface area contributed by atoms with Gasteiger partial charge in [-0.05, 0) is 29.9 Å². The lowest BCUT2D eigenvalue weighted by atomic mass is 9.80. The summed E-state index contributed by atoms with van der Waals surface area (Å²) in [4.78, 5) is 3.11. The van der Waals surface area contributed by atoms with Crippen LogP contribution in [0.3, 0.4) is 0 Å². The Morgan fingerprint density at radius 3 is 3.14 bits per heavy atom. The lowest BCUT2D eigenvalue weighted by Crippen LogP contribution is -2.31. The normalized spacial score (nSPS) is 27.2. The first-order valence-electron chi connectivity index (χ1n) is 8.10. The summed E-state index contributed by atoms with van der Waals surface area (Å²) < 4.78 is 80.5. The maximum absolute atomic E-state index is 13.5. The molecule has 3 nitrogen and oxygen atoms in total. The Kier molecular flexibility index (Phi) is 1.26. The van der Waals surface area contributed by atoms with Gasteiger partial charge in [-0.25, -0.2) is 4.98 Å². The number of nitrogens with zero attached hydrogens (tertiary/aromatic N) is 1. The lowest BCUT2D eigenvalue weighted by molar-refractivity contribution is 0.425. The van der Waals surface area contributed by atoms with Crippen LogP contribution in [0, 0.1) is 5.95 Å². The van der Waals surface area contributed by atoms with E-state index in [1.165, 1.54) is 0 Å². The summed E-state index contributed by atoms with van der Waals surface area (Å²) in [5.41, 5.74) is -1.67. The van der Waals surface area contributed by atoms with Gasteiger partial charge in [0.1, 0.15) is 0 Å². The fraction of sp³-hybridized carbons (Fsp3) is 0.444. The lowest BCUT2D eigenvalue weighted by Gasteiger charge is -2.09. The topological polar surface area (TPSA) is 53.4 Å². The molecule has 0 aliphatic rings. The highest BCUT2D eigenvalue weighted by Crippen LogP contribution is 2.15. The predicted octanol–water partition coefficient (Wildman–Crippen LogP) is 0.414. The molecule has 0 aliphatic carbocycles. The van der Waals surface area contributed by atoms with Crippen LogP contribution in [0.15, 0.2) is 12.1 Å². The van der Waals surface area contributed by atoms with E-state index in [0.717, 1.165) is 0 Å². The van der Waals surface area contributed by atoms with Gasteiger partial charge in [-0.2, -0.15) is 4.39 Å². The van der Waals surface area contributed by atoms with Crippen molar-refractivity contribution in [3.8, 4) is 0 Å². The van der Waals surface area contributed by atoms with E-state index < -0.39 is 50.2 Å². The second kappa shape index (κ2) is 4.53. The van der Waals surface area contributed by atoms with E-state index in [2.05, 4.69) is 4.98 Å². The second-order valence-corrected chi connectivity index (χ2v) is 2.48. The molecular formula is C9H13BFNO2. The van der Waals surface area contributed by atoms with Crippen LogP contribution in [0.4, 0.5) is 4.39 Å². The van der Waals surface area contributed by atoms with Gasteiger partial charge >= 0.3 is 7.12 Å². The monoisotopic (exact) mass is 206 g/mol. The summed E-state index contributed by atoms with van der Waals surface area (Å²) in [7, 11) is -2.24. The molecule has 0 amide bonds. The van der Waals surface area contributed by atoms with Gasteiger partial charge in [0.15, 0.2) is 0 Å². The Hall–Kier alpha value is -0.935. The SMILES string of the molecule is [2H]C([2H])([2H])C([2H])([2H])C([2H])(c1cc(B(O)O)cc(F)n1)C([2H])([2H])[2H]. The molecule has 0 spiro atoms. The molecule has 5 heteroatoms. The van der Waals surface area contributed by atoms with Crippen LogP contribution in [-0.4, -0.2) is 22.2 Å². The second-order valence-electron chi connectivity index (χ2n) is 2.48. The maximum atomic E-state index is 13.5. The molecule has 76 valence electrons. The van der Waals surface area contributed by atoms with Gasteiger partial charge in [0.05, 0.1) is 0 Å². The molecule has 1 unspecified atom stereocenters. The van der Waals surface area contributed by atoms with E-state index in [9.17, 15) is 4.39 Å². The number of aromatic nitrogens is 1. The van der Waals surface area contributed by atoms with E-state index in [1.807, 2.05) is 0 Å². The van der Waals surface area contributed by atoms with Gasteiger partial charge in [-0.1, -0.05) is 13.7 Å². The zero-order valence-electron chi connectivity index (χ0n) is 16.0. The number of hydrogen-bond donors (Lipinski definition) is 2. The summed E-state index contributed by atoms with van der Waals surface area (Å²) in [6.07, 6.45) is -3.64. The minimum Gasteiger partial charge on any atom is -0.423 e. The zero-order valence-corrected chi connectivity index (χ0v) is 6.95. The van der Waals surface area contributed by atoms with E-state index in [1.54, 1.807) is 0 Å². The molecule has 0 radical (unpaired) electrons. The number of halogens is 1. The summed E-state index contributed by atoms with van der Waals surface area (Å²) >= 11 is 0. The minimum absolute atomic E-state index is 0.541. The van der Waals surface area contributed by atoms with Crippen LogP contribution in [-0.2, 0) is 0 Å². The summed E-state index contributed by atoms with van der Waals surface area (Å²) in [6, 6.07) is 1.12. The van der Waals surface area contributed by atoms with Gasteiger partial charge in [-0.15, -0.1) is 0 Å². The maximum Gasteiger partial charge on any atom is 0.488 e. The van der Waals surface area contributed by atoms with Crippen molar-refractivity contribution < 1.29 is 26.8 Å². The highest BCUT2D eigenvalue weighted by atomic mass is 19.1. The largest absolute Gasteiger partial charge is 0.488 e. The molecule has 1 aromatic rings. The Labute approximate surface area is 95.4 Å². The Morgan fingerprint density at radius 2 is 2.57 bits per heavy atom. The van der Waals surface area contributed by atoms with Crippen LogP contribution in [0.2, 0.25) is 0 Å². The van der Waals surface area contributed by atoms with Crippen LogP contribution in [0.5, 0.6) is 0 Å². The van der Waals surface area contributed by atoms with E-state index in [0.29, 0.717) is 12.1 Å². The zero-order chi connectivity index (χ0) is 18.4. The molecule has 1 atom stereocenters. The van der Waals surface area contributed by atoms with Gasteiger partial charge in [0.2, 0.25) is 5.95 Å². The average molecular weight is 206 g/mol. The summed E-state index contributed by atoms with van der Waals surface area (Å²) in [5, 5.41) is 18.1. The molecule has 1 aromatic heterocycles. The average Bonchev–Trinajstić information content (AvgIpc) is 2.33. The van der Waals surface area contributed by atoms with Gasteiger partial charge in [-0.3, -0.25) is 0 Å². The van der Waals surface area contributed by atoms with Gasteiger partial charge in [0.25, 0.3) is 0 Å². The molecular weight excluding hydrogens is 184 g/mol. The third-order valence-corrected chi connectivity index (χ3v) is 1.50. The molecule has 14 heavy (non-hydrogen) atoms. The first kappa shape index (κ1) is 3.91. The van der Waals surface area contributed by atoms with Crippen LogP contribution >= 0.6 is 0 Å². The van der Waals surface area contributed by atoms with Crippen molar-refractivity contribution in [3.63, 3.8) is 0 Å². The van der Waals surface area contributed by atoms with Crippen LogP contribution < -0.4 is 5.46 Å². The third kappa shape index (κ3) is 2.53. The highest BCUT2D eigenvalue weighted by Gasteiger charge is 2.15. The molecule has 2 N–H and O–H groups in total. The number of hydrogen-bond acceptors (Lipinski definition) is 3. The summed E-state index contributed by atoms with van der Waals surface area (Å²) in [5.74, 6) is -4.88. The van der Waals surface area contributed by atoms with Crippen LogP contribution in [0.1, 0.15) is 44.0 Å². The van der Waals surface area contributed by atoms with Crippen LogP contribution in [0.25, 0.3) is 0 Å². The van der Waals surface area contributed by atoms with Crippen molar-refractivity contribution in [3.05, 3.63) is 23.8 Å². The fourth-order valence-corrected chi connectivity index (χ4v) is 0.858. The Balaban J connectivity index is 3.76. The Bertz CT molecular complexity index is 591. The first-order valence-corrected chi connectivity index (χ1v) is 3.60. The molecule has 1 heterocycles. The number of pyridine rings is 1. The smallest absolute Gasteiger partial charge is 0.423 e. The molecule has 0 bridgehead atoms. The van der Waals surface area contributed by atoms with E-state index in [-0.39, 0.29) is 0 Å². The summed E-state index contributed by atoms with van der Waals surface area (Å²) in [6.45, 7) is -7.07. The molecule has 0 fully saturated rings. The molecule has 0 aromatic carbocycles. The number of rotatable bonds is 3. The van der Waals surface area contributed by atoms with E-state index >= 15 is 0 Å². The van der Waals surface area contributed by atoms with Crippen molar-refractivity contribution >= 4 is 12.6 Å². The first-order chi connectivity index (χ1) is 10.1. The van der Waals surface area contributed by atoms with Gasteiger partial charge in [0, 0.05) is 18.0 Å². The molecule has 0 aliphatic heterocycles. The molecule has 0 saturated carbocycles. The van der Waals surface area contributed by atoms with Crippen molar-refractivity contribution in [1.29, 1.82) is 0 Å². The minimum atomic E-state index is -3.64. The third-order valence-electron chi connectivity index (χ3n) is 1.50. The quantitative estimate of drug-likeness (QED) is 0.556. The molecule has 0 saturated heterocycles. The van der Waals surface area contributed by atoms with Gasteiger partial charge < -0.3 is 10.0 Å². The standard InChI is InChI=1S/C9H13BFNO2/c1-3-6(2)8-4-7(10(13)14)5-9(11)12-8/h4-6,13-14H,3H2,1-2H3/i1D3,2D3,3D2,6D. The van der Waals surface area contributed by atoms with Crippen molar-refractivity contribution in [2.24, 2.45) is 0 Å². The van der Waals surface area contributed by atoms with Crippen molar-refractivity contribution in [2.45, 2.75) is 26.0 Å². The van der Waals surface area contributed by atoms with E-state index in [4.69, 9.17) is 22.4 Å². The highest BCUT2D eigenvalue weighted by molar-refractivity contribution is 6.58.